The van der Waals surface area contributed by atoms with Crippen LogP contribution in [0.5, 0.6) is 0 Å². The summed E-state index contributed by atoms with van der Waals surface area (Å²) >= 11 is 0. The summed E-state index contributed by atoms with van der Waals surface area (Å²) in [6, 6.07) is 39.2. The predicted octanol–water partition coefficient (Wildman–Crippen LogP) is 7.23. The molecule has 0 saturated carbocycles. The SMILES string of the molecule is C.C.NCc1cccc(CN)c1.O=C1OCc2ccccc21.O=C1c2ccccc2CN1Cc1cccc(CN2Cc3ccccc3C2=O)c1. The summed E-state index contributed by atoms with van der Waals surface area (Å²) in [4.78, 5) is 39.8. The zero-order valence-corrected chi connectivity index (χ0v) is 26.7. The predicted molar refractivity (Wildman–Crippen MR) is 198 cm³/mol. The molecular formula is C42H46N4O4. The Morgan fingerprint density at radius 1 is 0.500 bits per heavy atom. The van der Waals surface area contributed by atoms with E-state index >= 15 is 0 Å². The van der Waals surface area contributed by atoms with Crippen molar-refractivity contribution in [2.24, 2.45) is 11.5 Å². The van der Waals surface area contributed by atoms with Gasteiger partial charge < -0.3 is 26.0 Å². The fourth-order valence-electron chi connectivity index (χ4n) is 6.10. The van der Waals surface area contributed by atoms with Crippen LogP contribution < -0.4 is 11.5 Å². The van der Waals surface area contributed by atoms with E-state index in [1.54, 1.807) is 6.07 Å². The Hall–Kier alpha value is -5.57. The molecule has 0 bridgehead atoms. The van der Waals surface area contributed by atoms with Gasteiger partial charge in [-0.2, -0.15) is 0 Å². The summed E-state index contributed by atoms with van der Waals surface area (Å²) in [6.07, 6.45) is 0. The minimum Gasteiger partial charge on any atom is -0.457 e. The van der Waals surface area contributed by atoms with E-state index in [0.717, 1.165) is 50.1 Å². The van der Waals surface area contributed by atoms with Crippen molar-refractivity contribution in [2.75, 3.05) is 0 Å². The lowest BCUT2D eigenvalue weighted by molar-refractivity contribution is 0.0534. The lowest BCUT2D eigenvalue weighted by Crippen LogP contribution is -2.24. The van der Waals surface area contributed by atoms with Gasteiger partial charge in [0.05, 0.1) is 5.56 Å². The van der Waals surface area contributed by atoms with Crippen LogP contribution in [0.1, 0.15) is 84.9 Å². The van der Waals surface area contributed by atoms with Crippen molar-refractivity contribution < 1.29 is 19.1 Å². The molecule has 258 valence electrons. The third-order valence-electron chi connectivity index (χ3n) is 8.59. The Bertz CT molecular complexity index is 1850. The van der Waals surface area contributed by atoms with E-state index in [9.17, 15) is 14.4 Å². The molecule has 5 aromatic rings. The molecule has 3 aliphatic heterocycles. The van der Waals surface area contributed by atoms with E-state index in [-0.39, 0.29) is 32.6 Å². The summed E-state index contributed by atoms with van der Waals surface area (Å²) in [5.41, 5.74) is 20.8. The summed E-state index contributed by atoms with van der Waals surface area (Å²) in [6.45, 7) is 4.08. The Kier molecular flexibility index (Phi) is 12.8. The van der Waals surface area contributed by atoms with Crippen LogP contribution in [-0.2, 0) is 50.6 Å². The van der Waals surface area contributed by atoms with E-state index in [4.69, 9.17) is 16.2 Å². The van der Waals surface area contributed by atoms with Gasteiger partial charge in [-0.15, -0.1) is 0 Å². The minimum atomic E-state index is -0.199. The Labute approximate surface area is 295 Å². The second-order valence-electron chi connectivity index (χ2n) is 11.9. The number of benzene rings is 5. The fraction of sp³-hybridized carbons (Fsp3) is 0.214. The third-order valence-corrected chi connectivity index (χ3v) is 8.59. The van der Waals surface area contributed by atoms with Gasteiger partial charge in [-0.25, -0.2) is 4.79 Å². The van der Waals surface area contributed by atoms with Crippen LogP contribution in [-0.4, -0.2) is 27.6 Å². The van der Waals surface area contributed by atoms with Gasteiger partial charge in [0.15, 0.2) is 0 Å². The first-order valence-electron chi connectivity index (χ1n) is 16.0. The molecule has 2 amide bonds. The Balaban J connectivity index is 0.000000210. The van der Waals surface area contributed by atoms with Crippen LogP contribution in [0.2, 0.25) is 0 Å². The van der Waals surface area contributed by atoms with Crippen LogP contribution >= 0.6 is 0 Å². The first kappa shape index (κ1) is 37.3. The number of cyclic esters (lactones) is 1. The largest absolute Gasteiger partial charge is 0.457 e. The summed E-state index contributed by atoms with van der Waals surface area (Å²) < 4.78 is 4.78. The highest BCUT2D eigenvalue weighted by Crippen LogP contribution is 2.26. The number of carbonyl (C=O) groups excluding carboxylic acids is 3. The highest BCUT2D eigenvalue weighted by atomic mass is 16.5. The number of nitrogens with zero attached hydrogens (tertiary/aromatic N) is 2. The maximum Gasteiger partial charge on any atom is 0.338 e. The Morgan fingerprint density at radius 2 is 0.900 bits per heavy atom. The maximum atomic E-state index is 12.6. The van der Waals surface area contributed by atoms with Crippen molar-refractivity contribution in [1.82, 2.24) is 9.80 Å². The van der Waals surface area contributed by atoms with Crippen LogP contribution in [0.25, 0.3) is 0 Å². The first-order chi connectivity index (χ1) is 23.4. The minimum absolute atomic E-state index is 0. The van der Waals surface area contributed by atoms with Crippen molar-refractivity contribution in [3.05, 3.63) is 177 Å². The molecule has 8 rings (SSSR count). The zero-order valence-electron chi connectivity index (χ0n) is 26.7. The number of ether oxygens (including phenoxy) is 1. The second kappa shape index (κ2) is 17.2. The molecular weight excluding hydrogens is 624 g/mol. The summed E-state index contributed by atoms with van der Waals surface area (Å²) in [5.74, 6) is -0.0204. The molecule has 0 saturated heterocycles. The normalized spacial score (nSPS) is 13.4. The quantitative estimate of drug-likeness (QED) is 0.184. The molecule has 5 aromatic carbocycles. The molecule has 3 heterocycles. The number of hydrogen-bond donors (Lipinski definition) is 2. The number of amides is 2. The summed E-state index contributed by atoms with van der Waals surface area (Å²) in [5, 5.41) is 0. The van der Waals surface area contributed by atoms with E-state index in [0.29, 0.717) is 51.4 Å². The maximum absolute atomic E-state index is 12.6. The molecule has 0 radical (unpaired) electrons. The van der Waals surface area contributed by atoms with Gasteiger partial charge in [-0.1, -0.05) is 118 Å². The smallest absolute Gasteiger partial charge is 0.338 e. The molecule has 0 fully saturated rings. The second-order valence-corrected chi connectivity index (χ2v) is 11.9. The van der Waals surface area contributed by atoms with E-state index < -0.39 is 0 Å². The zero-order chi connectivity index (χ0) is 33.5. The molecule has 8 nitrogen and oxygen atoms in total. The van der Waals surface area contributed by atoms with Crippen molar-refractivity contribution in [2.45, 2.75) is 60.7 Å². The van der Waals surface area contributed by atoms with E-state index in [2.05, 4.69) is 6.07 Å². The van der Waals surface area contributed by atoms with E-state index in [1.807, 2.05) is 119 Å². The molecule has 3 aliphatic rings. The van der Waals surface area contributed by atoms with Gasteiger partial charge in [-0.3, -0.25) is 9.59 Å². The van der Waals surface area contributed by atoms with E-state index in [1.165, 1.54) is 0 Å². The molecule has 0 aromatic heterocycles. The number of fused-ring (bicyclic) bond motifs is 3. The van der Waals surface area contributed by atoms with Gasteiger partial charge in [0.1, 0.15) is 6.61 Å². The van der Waals surface area contributed by atoms with Crippen LogP contribution in [0.4, 0.5) is 0 Å². The lowest BCUT2D eigenvalue weighted by Gasteiger charge is -2.18. The highest BCUT2D eigenvalue weighted by molar-refractivity contribution is 5.99. The van der Waals surface area contributed by atoms with Crippen LogP contribution in [0.3, 0.4) is 0 Å². The van der Waals surface area contributed by atoms with Crippen LogP contribution in [0.15, 0.2) is 121 Å². The monoisotopic (exact) mass is 670 g/mol. The molecule has 50 heavy (non-hydrogen) atoms. The number of nitrogens with two attached hydrogens (primary N) is 2. The molecule has 4 N–H and O–H groups in total. The van der Waals surface area contributed by atoms with Gasteiger partial charge >= 0.3 is 5.97 Å². The number of rotatable bonds is 6. The molecule has 0 spiro atoms. The molecule has 0 aliphatic carbocycles. The van der Waals surface area contributed by atoms with Crippen molar-refractivity contribution >= 4 is 17.8 Å². The molecule has 0 atom stereocenters. The van der Waals surface area contributed by atoms with Gasteiger partial charge in [0.2, 0.25) is 0 Å². The van der Waals surface area contributed by atoms with Crippen molar-refractivity contribution in [3.8, 4) is 0 Å². The van der Waals surface area contributed by atoms with Gasteiger partial charge in [-0.05, 0) is 51.6 Å². The molecule has 0 unspecified atom stereocenters. The third kappa shape index (κ3) is 8.52. The average Bonchev–Trinajstić information content (AvgIpc) is 3.77. The highest BCUT2D eigenvalue weighted by Gasteiger charge is 2.28. The molecule has 8 heteroatoms. The summed E-state index contributed by atoms with van der Waals surface area (Å²) in [7, 11) is 0. The first-order valence-corrected chi connectivity index (χ1v) is 16.0. The van der Waals surface area contributed by atoms with Crippen LogP contribution in [0, 0.1) is 0 Å². The lowest BCUT2D eigenvalue weighted by atomic mass is 10.1. The number of hydrogen-bond acceptors (Lipinski definition) is 6. The standard InChI is InChI=1S/C24H20N2O2.C8H12N2.C8H6O2.2CH4/c27-23-21-10-3-1-8-19(21)15-25(23)13-17-6-5-7-18(12-17)14-26-16-20-9-2-4-11-22(20)24(26)28;9-5-7-2-1-3-8(4-7)6-10;9-8-7-4-2-1-3-6(7)5-10-8;;/h1-12H,13-16H2;1-4H,5-6,9-10H2;1-4H,5H2;2*1H4. The fourth-order valence-corrected chi connectivity index (χ4v) is 6.10. The van der Waals surface area contributed by atoms with Gasteiger partial charge in [0, 0.05) is 56.0 Å². The number of carbonyl (C=O) groups is 3. The average molecular weight is 671 g/mol. The topological polar surface area (TPSA) is 119 Å². The Morgan fingerprint density at radius 3 is 1.34 bits per heavy atom. The number of esters is 1. The van der Waals surface area contributed by atoms with Crippen molar-refractivity contribution in [3.63, 3.8) is 0 Å². The van der Waals surface area contributed by atoms with Gasteiger partial charge in [0.25, 0.3) is 11.8 Å². The van der Waals surface area contributed by atoms with Crippen molar-refractivity contribution in [1.29, 1.82) is 0 Å².